The van der Waals surface area contributed by atoms with Crippen LogP contribution in [0.15, 0.2) is 43.0 Å². The van der Waals surface area contributed by atoms with Crippen LogP contribution in [-0.2, 0) is 16.3 Å². The molecule has 1 atom stereocenters. The van der Waals surface area contributed by atoms with Crippen molar-refractivity contribution < 1.29 is 17.6 Å². The van der Waals surface area contributed by atoms with Crippen LogP contribution in [0.1, 0.15) is 64.5 Å². The minimum Gasteiger partial charge on any atom is -0.366 e. The molecule has 1 saturated carbocycles. The average molecular weight is 521 g/mol. The Kier molecular flexibility index (Phi) is 5.94. The van der Waals surface area contributed by atoms with Crippen LogP contribution in [0.3, 0.4) is 0 Å². The standard InChI is InChI=1S/C26H25FN6O3S/c27-24-19(7-6-17(32-24)10-15-3-8-21(28-11-15)16-4-5-16)23(34)20-12-29-25-22(20)26(31-14-30-25)33-18-2-1-9-37(35,36)13-18/h3,6-8,11-12,14,16,18H,1-2,4-5,9-10,13H2,(H2,29,30,31,33). The number of carbonyl (C=O) groups is 1. The third kappa shape index (κ3) is 4.95. The molecule has 4 aromatic heterocycles. The summed E-state index contributed by atoms with van der Waals surface area (Å²) in [7, 11) is -3.14. The smallest absolute Gasteiger partial charge is 0.224 e. The normalized spacial score (nSPS) is 19.1. The van der Waals surface area contributed by atoms with Crippen molar-refractivity contribution in [3.05, 3.63) is 77.0 Å². The number of rotatable bonds is 7. The molecule has 2 fully saturated rings. The number of hydrogen-bond acceptors (Lipinski definition) is 8. The van der Waals surface area contributed by atoms with E-state index in [4.69, 9.17) is 0 Å². The summed E-state index contributed by atoms with van der Waals surface area (Å²) in [5.41, 5.74) is 2.92. The van der Waals surface area contributed by atoms with Crippen molar-refractivity contribution in [3.63, 3.8) is 0 Å². The van der Waals surface area contributed by atoms with Crippen molar-refractivity contribution in [2.24, 2.45) is 0 Å². The first kappa shape index (κ1) is 23.7. The van der Waals surface area contributed by atoms with Gasteiger partial charge in [0, 0.05) is 42.2 Å². The molecule has 5 heterocycles. The summed E-state index contributed by atoms with van der Waals surface area (Å²) in [6, 6.07) is 6.74. The van der Waals surface area contributed by atoms with Crippen molar-refractivity contribution in [3.8, 4) is 0 Å². The summed E-state index contributed by atoms with van der Waals surface area (Å²) < 4.78 is 39.2. The number of pyridine rings is 2. The van der Waals surface area contributed by atoms with E-state index in [9.17, 15) is 13.2 Å². The zero-order valence-corrected chi connectivity index (χ0v) is 20.8. The molecule has 0 spiro atoms. The fraction of sp³-hybridized carbons (Fsp3) is 0.346. The molecule has 1 aliphatic carbocycles. The number of nitrogens with zero attached hydrogens (tertiary/aromatic N) is 4. The number of aromatic nitrogens is 5. The first-order chi connectivity index (χ1) is 17.9. The highest BCUT2D eigenvalue weighted by molar-refractivity contribution is 7.91. The van der Waals surface area contributed by atoms with Gasteiger partial charge in [-0.15, -0.1) is 0 Å². The van der Waals surface area contributed by atoms with Crippen molar-refractivity contribution in [2.45, 2.75) is 44.1 Å². The van der Waals surface area contributed by atoms with Gasteiger partial charge in [-0.05, 0) is 49.4 Å². The van der Waals surface area contributed by atoms with E-state index in [-0.39, 0.29) is 28.7 Å². The van der Waals surface area contributed by atoms with Gasteiger partial charge in [0.2, 0.25) is 5.95 Å². The van der Waals surface area contributed by atoms with Gasteiger partial charge >= 0.3 is 0 Å². The summed E-state index contributed by atoms with van der Waals surface area (Å²) >= 11 is 0. The molecular formula is C26H25FN6O3S. The molecule has 1 aliphatic heterocycles. The largest absolute Gasteiger partial charge is 0.366 e. The maximum absolute atomic E-state index is 15.1. The molecule has 11 heteroatoms. The third-order valence-corrected chi connectivity index (χ3v) is 8.72. The molecule has 190 valence electrons. The predicted molar refractivity (Wildman–Crippen MR) is 136 cm³/mol. The van der Waals surface area contributed by atoms with Gasteiger partial charge in [-0.25, -0.2) is 23.4 Å². The first-order valence-corrected chi connectivity index (χ1v) is 14.1. The maximum Gasteiger partial charge on any atom is 0.224 e. The fourth-order valence-corrected chi connectivity index (χ4v) is 6.47. The van der Waals surface area contributed by atoms with Crippen molar-refractivity contribution in [2.75, 3.05) is 16.8 Å². The molecule has 0 radical (unpaired) electrons. The Morgan fingerprint density at radius 3 is 2.68 bits per heavy atom. The van der Waals surface area contributed by atoms with Gasteiger partial charge in [0.1, 0.15) is 17.8 Å². The summed E-state index contributed by atoms with van der Waals surface area (Å²) in [6.07, 6.45) is 8.57. The Hall–Kier alpha value is -3.73. The Morgan fingerprint density at radius 1 is 1.08 bits per heavy atom. The minimum atomic E-state index is -3.14. The second kappa shape index (κ2) is 9.29. The second-order valence-electron chi connectivity index (χ2n) is 9.76. The molecule has 1 saturated heterocycles. The number of carbonyl (C=O) groups excluding carboxylic acids is 1. The average Bonchev–Trinajstić information content (AvgIpc) is 3.62. The van der Waals surface area contributed by atoms with E-state index in [1.54, 1.807) is 12.3 Å². The van der Waals surface area contributed by atoms with Crippen LogP contribution in [0.5, 0.6) is 0 Å². The van der Waals surface area contributed by atoms with E-state index >= 15 is 4.39 Å². The number of fused-ring (bicyclic) bond motifs is 1. The molecular weight excluding hydrogens is 495 g/mol. The number of hydrogen-bond donors (Lipinski definition) is 2. The van der Waals surface area contributed by atoms with E-state index < -0.39 is 21.6 Å². The van der Waals surface area contributed by atoms with Gasteiger partial charge in [0.25, 0.3) is 0 Å². The van der Waals surface area contributed by atoms with Crippen LogP contribution in [-0.4, -0.2) is 56.7 Å². The molecule has 1 unspecified atom stereocenters. The Labute approximate surface area is 212 Å². The SMILES string of the molecule is O=C(c1ccc(Cc2ccc(C3CC3)nc2)nc1F)c1c[nH]c2ncnc(NC3CCCS(=O)(=O)C3)c12. The molecule has 0 bridgehead atoms. The molecule has 2 N–H and O–H groups in total. The highest BCUT2D eigenvalue weighted by Crippen LogP contribution is 2.38. The summed E-state index contributed by atoms with van der Waals surface area (Å²) in [5.74, 6) is -0.356. The van der Waals surface area contributed by atoms with Gasteiger partial charge in [-0.1, -0.05) is 6.07 Å². The number of ketones is 1. The van der Waals surface area contributed by atoms with Crippen molar-refractivity contribution in [1.82, 2.24) is 24.9 Å². The van der Waals surface area contributed by atoms with Gasteiger partial charge in [-0.2, -0.15) is 4.39 Å². The monoisotopic (exact) mass is 520 g/mol. The van der Waals surface area contributed by atoms with Crippen LogP contribution in [0, 0.1) is 5.95 Å². The zero-order valence-electron chi connectivity index (χ0n) is 19.9. The van der Waals surface area contributed by atoms with Crippen LogP contribution in [0.4, 0.5) is 10.2 Å². The van der Waals surface area contributed by atoms with E-state index in [0.717, 1.165) is 11.3 Å². The molecule has 9 nitrogen and oxygen atoms in total. The lowest BCUT2D eigenvalue weighted by Gasteiger charge is -2.23. The Bertz CT molecular complexity index is 1600. The van der Waals surface area contributed by atoms with E-state index in [1.807, 2.05) is 12.1 Å². The Balaban J connectivity index is 1.25. The first-order valence-electron chi connectivity index (χ1n) is 12.3. The summed E-state index contributed by atoms with van der Waals surface area (Å²) in [4.78, 5) is 33.3. The Morgan fingerprint density at radius 2 is 1.95 bits per heavy atom. The molecule has 0 aromatic carbocycles. The number of sulfone groups is 1. The number of anilines is 1. The molecule has 6 rings (SSSR count). The van der Waals surface area contributed by atoms with Crippen LogP contribution >= 0.6 is 0 Å². The lowest BCUT2D eigenvalue weighted by Crippen LogP contribution is -2.35. The van der Waals surface area contributed by atoms with Gasteiger partial charge in [0.05, 0.1) is 28.0 Å². The molecule has 2 aliphatic rings. The quantitative estimate of drug-likeness (QED) is 0.279. The topological polar surface area (TPSA) is 131 Å². The molecule has 37 heavy (non-hydrogen) atoms. The molecule has 0 amide bonds. The highest BCUT2D eigenvalue weighted by Gasteiger charge is 2.28. The van der Waals surface area contributed by atoms with E-state index in [2.05, 4.69) is 30.2 Å². The summed E-state index contributed by atoms with van der Waals surface area (Å²) in [6.45, 7) is 0. The lowest BCUT2D eigenvalue weighted by atomic mass is 10.0. The van der Waals surface area contributed by atoms with Gasteiger partial charge < -0.3 is 10.3 Å². The van der Waals surface area contributed by atoms with E-state index in [1.165, 1.54) is 31.4 Å². The predicted octanol–water partition coefficient (Wildman–Crippen LogP) is 3.58. The van der Waals surface area contributed by atoms with E-state index in [0.29, 0.717) is 47.7 Å². The minimum absolute atomic E-state index is 0.00889. The number of aromatic amines is 1. The maximum atomic E-state index is 15.1. The van der Waals surface area contributed by atoms with Crippen LogP contribution < -0.4 is 5.32 Å². The molecule has 4 aromatic rings. The number of H-pyrrole nitrogens is 1. The fourth-order valence-electron chi connectivity index (χ4n) is 4.84. The van der Waals surface area contributed by atoms with Crippen LogP contribution in [0.25, 0.3) is 11.0 Å². The summed E-state index contributed by atoms with van der Waals surface area (Å²) in [5, 5.41) is 3.55. The van der Waals surface area contributed by atoms with Gasteiger partial charge in [0.15, 0.2) is 15.6 Å². The van der Waals surface area contributed by atoms with Gasteiger partial charge in [-0.3, -0.25) is 9.78 Å². The zero-order chi connectivity index (χ0) is 25.6. The van der Waals surface area contributed by atoms with Crippen LogP contribution in [0.2, 0.25) is 0 Å². The number of halogens is 1. The third-order valence-electron chi connectivity index (χ3n) is 6.90. The second-order valence-corrected chi connectivity index (χ2v) is 12.0. The van der Waals surface area contributed by atoms with Crippen molar-refractivity contribution in [1.29, 1.82) is 0 Å². The highest BCUT2D eigenvalue weighted by atomic mass is 32.2. The lowest BCUT2D eigenvalue weighted by molar-refractivity contribution is 0.103. The van der Waals surface area contributed by atoms with Crippen molar-refractivity contribution >= 4 is 32.5 Å². The number of nitrogens with one attached hydrogen (secondary N) is 2.